The Balaban J connectivity index is 2.38. The van der Waals surface area contributed by atoms with Crippen LogP contribution in [-0.2, 0) is 4.74 Å². The Morgan fingerprint density at radius 1 is 1.24 bits per heavy atom. The van der Waals surface area contributed by atoms with Crippen molar-refractivity contribution in [3.05, 3.63) is 58.9 Å². The van der Waals surface area contributed by atoms with Crippen molar-refractivity contribution >= 4 is 23.1 Å². The van der Waals surface area contributed by atoms with E-state index in [1.807, 2.05) is 43.5 Å². The number of ether oxygens (including phenoxy) is 1. The van der Waals surface area contributed by atoms with Crippen LogP contribution >= 0.6 is 11.6 Å². The lowest BCUT2D eigenvalue weighted by Gasteiger charge is -2.04. The van der Waals surface area contributed by atoms with Gasteiger partial charge in [-0.3, -0.25) is 0 Å². The zero-order valence-corrected chi connectivity index (χ0v) is 12.4. The molecule has 106 valence electrons. The summed E-state index contributed by atoms with van der Waals surface area (Å²) in [5.74, 6) is -0.480. The smallest absolute Gasteiger partial charge is 0.359 e. The average Bonchev–Trinajstić information content (AvgIpc) is 2.85. The lowest BCUT2D eigenvalue weighted by molar-refractivity contribution is 0.0594. The number of carbonyl (C=O) groups is 1. The molecule has 0 N–H and O–H groups in total. The second-order valence-electron chi connectivity index (χ2n) is 4.73. The molecule has 0 radical (unpaired) electrons. The monoisotopic (exact) mass is 300 g/mol. The van der Waals surface area contributed by atoms with Crippen molar-refractivity contribution in [1.82, 2.24) is 9.61 Å². The number of pyridine rings is 1. The molecule has 0 unspecified atom stereocenters. The van der Waals surface area contributed by atoms with Crippen molar-refractivity contribution in [1.29, 1.82) is 0 Å². The zero-order valence-electron chi connectivity index (χ0n) is 11.6. The van der Waals surface area contributed by atoms with Crippen molar-refractivity contribution in [3.63, 3.8) is 0 Å². The number of carbonyl (C=O) groups excluding carboxylic acids is 1. The van der Waals surface area contributed by atoms with E-state index in [0.29, 0.717) is 10.6 Å². The highest BCUT2D eigenvalue weighted by molar-refractivity contribution is 6.33. The van der Waals surface area contributed by atoms with Crippen molar-refractivity contribution in [2.75, 3.05) is 7.11 Å². The number of benzene rings is 1. The van der Waals surface area contributed by atoms with Gasteiger partial charge in [0, 0.05) is 22.3 Å². The Labute approximate surface area is 126 Å². The van der Waals surface area contributed by atoms with Gasteiger partial charge in [0.05, 0.1) is 12.6 Å². The zero-order chi connectivity index (χ0) is 15.0. The summed E-state index contributed by atoms with van der Waals surface area (Å²) >= 11 is 6.28. The van der Waals surface area contributed by atoms with E-state index in [2.05, 4.69) is 5.10 Å². The molecular weight excluding hydrogens is 288 g/mol. The van der Waals surface area contributed by atoms with E-state index >= 15 is 0 Å². The molecular formula is C16H13ClN2O2. The first-order valence-corrected chi connectivity index (χ1v) is 6.82. The molecule has 3 rings (SSSR count). The molecule has 1 aromatic carbocycles. The Bertz CT molecular complexity index is 839. The number of hydrogen-bond acceptors (Lipinski definition) is 3. The molecule has 21 heavy (non-hydrogen) atoms. The quantitative estimate of drug-likeness (QED) is 0.677. The maximum Gasteiger partial charge on any atom is 0.359 e. The van der Waals surface area contributed by atoms with Crippen molar-refractivity contribution in [2.45, 2.75) is 6.92 Å². The van der Waals surface area contributed by atoms with Crippen LogP contribution in [0.4, 0.5) is 0 Å². The molecule has 0 saturated heterocycles. The van der Waals surface area contributed by atoms with Crippen LogP contribution in [0.2, 0.25) is 5.02 Å². The Morgan fingerprint density at radius 3 is 2.71 bits per heavy atom. The van der Waals surface area contributed by atoms with Crippen molar-refractivity contribution < 1.29 is 9.53 Å². The minimum absolute atomic E-state index is 0.260. The van der Waals surface area contributed by atoms with Crippen LogP contribution in [0.25, 0.3) is 16.6 Å². The molecule has 0 fully saturated rings. The summed E-state index contributed by atoms with van der Waals surface area (Å²) in [6.07, 6.45) is 1.86. The molecule has 0 saturated carbocycles. The number of esters is 1. The average molecular weight is 301 g/mol. The van der Waals surface area contributed by atoms with E-state index < -0.39 is 5.97 Å². The first-order valence-electron chi connectivity index (χ1n) is 6.44. The molecule has 4 nitrogen and oxygen atoms in total. The molecule has 0 aliphatic carbocycles. The molecule has 0 aliphatic heterocycles. The molecule has 3 aromatic rings. The summed E-state index contributed by atoms with van der Waals surface area (Å²) < 4.78 is 6.52. The van der Waals surface area contributed by atoms with Crippen LogP contribution in [0.1, 0.15) is 16.1 Å². The fraction of sp³-hybridized carbons (Fsp3) is 0.125. The first-order chi connectivity index (χ1) is 10.1. The van der Waals surface area contributed by atoms with Gasteiger partial charge in [0.1, 0.15) is 0 Å². The molecule has 2 heterocycles. The summed E-state index contributed by atoms with van der Waals surface area (Å²) in [6.45, 7) is 1.97. The lowest BCUT2D eigenvalue weighted by Crippen LogP contribution is -2.04. The third-order valence-corrected chi connectivity index (χ3v) is 3.63. The SMILES string of the molecule is COC(=O)c1nn2cc(C)ccc2c1-c1ccccc1Cl. The third-order valence-electron chi connectivity index (χ3n) is 3.30. The van der Waals surface area contributed by atoms with Gasteiger partial charge in [-0.15, -0.1) is 0 Å². The van der Waals surface area contributed by atoms with E-state index in [-0.39, 0.29) is 5.69 Å². The largest absolute Gasteiger partial charge is 0.464 e. The van der Waals surface area contributed by atoms with Gasteiger partial charge in [-0.25, -0.2) is 9.31 Å². The standard InChI is InChI=1S/C16H13ClN2O2/c1-10-7-8-13-14(11-5-3-4-6-12(11)17)15(16(20)21-2)18-19(13)9-10/h3-9H,1-2H3. The van der Waals surface area contributed by atoms with Crippen molar-refractivity contribution in [3.8, 4) is 11.1 Å². The van der Waals surface area contributed by atoms with Crippen molar-refractivity contribution in [2.24, 2.45) is 0 Å². The number of methoxy groups -OCH3 is 1. The molecule has 0 amide bonds. The second-order valence-corrected chi connectivity index (χ2v) is 5.14. The molecule has 0 bridgehead atoms. The first kappa shape index (κ1) is 13.6. The van der Waals surface area contributed by atoms with Gasteiger partial charge in [0.25, 0.3) is 0 Å². The maximum absolute atomic E-state index is 12.0. The van der Waals surface area contributed by atoms with Gasteiger partial charge >= 0.3 is 5.97 Å². The van der Waals surface area contributed by atoms with Gasteiger partial charge in [0.15, 0.2) is 5.69 Å². The highest BCUT2D eigenvalue weighted by Crippen LogP contribution is 2.34. The normalized spacial score (nSPS) is 10.8. The molecule has 2 aromatic heterocycles. The Hall–Kier alpha value is -2.33. The summed E-state index contributed by atoms with van der Waals surface area (Å²) in [7, 11) is 1.34. The van der Waals surface area contributed by atoms with Crippen LogP contribution in [-0.4, -0.2) is 22.7 Å². The Kier molecular flexibility index (Phi) is 3.39. The van der Waals surface area contributed by atoms with E-state index in [1.54, 1.807) is 10.6 Å². The lowest BCUT2D eigenvalue weighted by atomic mass is 10.0. The predicted molar refractivity (Wildman–Crippen MR) is 81.7 cm³/mol. The third kappa shape index (κ3) is 2.28. The second kappa shape index (κ2) is 5.22. The number of aryl methyl sites for hydroxylation is 1. The van der Waals surface area contributed by atoms with Gasteiger partial charge in [-0.05, 0) is 24.6 Å². The summed E-state index contributed by atoms with van der Waals surface area (Å²) in [6, 6.07) is 11.3. The highest BCUT2D eigenvalue weighted by atomic mass is 35.5. The summed E-state index contributed by atoms with van der Waals surface area (Å²) in [5, 5.41) is 4.91. The van der Waals surface area contributed by atoms with E-state index in [4.69, 9.17) is 16.3 Å². The molecule has 5 heteroatoms. The fourth-order valence-corrected chi connectivity index (χ4v) is 2.55. The summed E-state index contributed by atoms with van der Waals surface area (Å²) in [5.41, 5.74) is 3.57. The fourth-order valence-electron chi connectivity index (χ4n) is 2.32. The van der Waals surface area contributed by atoms with Crippen LogP contribution in [0.5, 0.6) is 0 Å². The highest BCUT2D eigenvalue weighted by Gasteiger charge is 2.22. The van der Waals surface area contributed by atoms with Gasteiger partial charge < -0.3 is 4.74 Å². The number of fused-ring (bicyclic) bond motifs is 1. The Morgan fingerprint density at radius 2 is 2.00 bits per heavy atom. The number of aromatic nitrogens is 2. The molecule has 0 aliphatic rings. The van der Waals surface area contributed by atoms with Crippen LogP contribution < -0.4 is 0 Å². The minimum Gasteiger partial charge on any atom is -0.464 e. The number of hydrogen-bond donors (Lipinski definition) is 0. The van der Waals surface area contributed by atoms with E-state index in [0.717, 1.165) is 16.6 Å². The number of rotatable bonds is 2. The van der Waals surface area contributed by atoms with E-state index in [9.17, 15) is 4.79 Å². The van der Waals surface area contributed by atoms with E-state index in [1.165, 1.54) is 7.11 Å². The molecule has 0 atom stereocenters. The van der Waals surface area contributed by atoms with Gasteiger partial charge in [-0.1, -0.05) is 35.9 Å². The van der Waals surface area contributed by atoms with Crippen LogP contribution in [0.3, 0.4) is 0 Å². The number of halogens is 1. The number of nitrogens with zero attached hydrogens (tertiary/aromatic N) is 2. The van der Waals surface area contributed by atoms with Crippen LogP contribution in [0.15, 0.2) is 42.6 Å². The minimum atomic E-state index is -0.480. The van der Waals surface area contributed by atoms with Gasteiger partial charge in [0.2, 0.25) is 0 Å². The van der Waals surface area contributed by atoms with Crippen LogP contribution in [0, 0.1) is 6.92 Å². The predicted octanol–water partition coefficient (Wildman–Crippen LogP) is 3.75. The topological polar surface area (TPSA) is 43.6 Å². The van der Waals surface area contributed by atoms with Gasteiger partial charge in [-0.2, -0.15) is 5.10 Å². The summed E-state index contributed by atoms with van der Waals surface area (Å²) in [4.78, 5) is 12.0. The maximum atomic E-state index is 12.0. The molecule has 0 spiro atoms.